The molecule has 0 fully saturated rings. The van der Waals surface area contributed by atoms with Crippen molar-refractivity contribution in [3.8, 4) is 22.6 Å². The predicted molar refractivity (Wildman–Crippen MR) is 100 cm³/mol. The SMILES string of the molecule is O=C(O)CCSc1nc(-c2ccc(Cl)cc2)c(-c2ccc(Cl)cc2)o1. The maximum atomic E-state index is 10.7. The van der Waals surface area contributed by atoms with E-state index < -0.39 is 5.97 Å². The zero-order chi connectivity index (χ0) is 17.8. The highest BCUT2D eigenvalue weighted by atomic mass is 35.5. The lowest BCUT2D eigenvalue weighted by molar-refractivity contribution is -0.136. The Morgan fingerprint density at radius 1 is 1.00 bits per heavy atom. The van der Waals surface area contributed by atoms with Gasteiger partial charge in [0.1, 0.15) is 5.69 Å². The molecule has 0 spiro atoms. The van der Waals surface area contributed by atoms with Crippen LogP contribution >= 0.6 is 35.0 Å². The van der Waals surface area contributed by atoms with Crippen molar-refractivity contribution in [2.45, 2.75) is 11.6 Å². The molecule has 0 atom stereocenters. The van der Waals surface area contributed by atoms with Crippen molar-refractivity contribution in [1.82, 2.24) is 4.98 Å². The Labute approximate surface area is 158 Å². The third-order valence-corrected chi connectivity index (χ3v) is 4.71. The lowest BCUT2D eigenvalue weighted by atomic mass is 10.1. The van der Waals surface area contributed by atoms with Gasteiger partial charge in [0.05, 0.1) is 6.42 Å². The van der Waals surface area contributed by atoms with Crippen LogP contribution in [0.15, 0.2) is 58.2 Å². The van der Waals surface area contributed by atoms with E-state index in [4.69, 9.17) is 32.7 Å². The van der Waals surface area contributed by atoms with E-state index in [-0.39, 0.29) is 6.42 Å². The van der Waals surface area contributed by atoms with Crippen LogP contribution in [0.1, 0.15) is 6.42 Å². The van der Waals surface area contributed by atoms with Crippen molar-refractivity contribution >= 4 is 40.9 Å². The summed E-state index contributed by atoms with van der Waals surface area (Å²) in [6.45, 7) is 0. The summed E-state index contributed by atoms with van der Waals surface area (Å²) in [4.78, 5) is 15.2. The molecule has 0 aliphatic rings. The maximum Gasteiger partial charge on any atom is 0.304 e. The van der Waals surface area contributed by atoms with E-state index in [0.717, 1.165) is 11.1 Å². The van der Waals surface area contributed by atoms with Crippen LogP contribution < -0.4 is 0 Å². The van der Waals surface area contributed by atoms with Gasteiger partial charge < -0.3 is 9.52 Å². The Morgan fingerprint density at radius 3 is 2.12 bits per heavy atom. The molecule has 1 N–H and O–H groups in total. The largest absolute Gasteiger partial charge is 0.481 e. The van der Waals surface area contributed by atoms with Crippen LogP contribution in [-0.4, -0.2) is 21.8 Å². The Bertz CT molecular complexity index is 813. The number of halogens is 2. The third-order valence-electron chi connectivity index (χ3n) is 3.37. The molecule has 2 aromatic carbocycles. The zero-order valence-corrected chi connectivity index (χ0v) is 15.2. The average molecular weight is 394 g/mol. The lowest BCUT2D eigenvalue weighted by Crippen LogP contribution is -1.95. The Hall–Kier alpha value is -1.95. The molecule has 0 bridgehead atoms. The highest BCUT2D eigenvalue weighted by Gasteiger charge is 2.17. The minimum atomic E-state index is -0.852. The molecule has 0 radical (unpaired) electrons. The molecule has 128 valence electrons. The monoisotopic (exact) mass is 393 g/mol. The number of aromatic nitrogens is 1. The van der Waals surface area contributed by atoms with E-state index in [1.807, 2.05) is 24.3 Å². The van der Waals surface area contributed by atoms with Crippen LogP contribution in [0.5, 0.6) is 0 Å². The smallest absolute Gasteiger partial charge is 0.304 e. The molecule has 3 aromatic rings. The van der Waals surface area contributed by atoms with Crippen LogP contribution in [0.4, 0.5) is 0 Å². The van der Waals surface area contributed by atoms with Gasteiger partial charge in [-0.25, -0.2) is 4.98 Å². The lowest BCUT2D eigenvalue weighted by Gasteiger charge is -2.02. The van der Waals surface area contributed by atoms with Gasteiger partial charge in [0, 0.05) is 26.9 Å². The fraction of sp³-hybridized carbons (Fsp3) is 0.111. The summed E-state index contributed by atoms with van der Waals surface area (Å²) in [6.07, 6.45) is 0.0413. The van der Waals surface area contributed by atoms with Gasteiger partial charge in [-0.1, -0.05) is 47.1 Å². The summed E-state index contributed by atoms with van der Waals surface area (Å²) in [5.41, 5.74) is 2.38. The number of carbonyl (C=O) groups is 1. The summed E-state index contributed by atoms with van der Waals surface area (Å²) in [5.74, 6) is 0.141. The molecule has 7 heteroatoms. The molecule has 25 heavy (non-hydrogen) atoms. The number of hydrogen-bond donors (Lipinski definition) is 1. The molecule has 1 heterocycles. The summed E-state index contributed by atoms with van der Waals surface area (Å²) >= 11 is 13.2. The van der Waals surface area contributed by atoms with Gasteiger partial charge >= 0.3 is 5.97 Å². The standard InChI is InChI=1S/C18H13Cl2NO3S/c19-13-5-1-11(2-6-13)16-17(12-3-7-14(20)8-4-12)24-18(21-16)25-10-9-15(22)23/h1-8H,9-10H2,(H,22,23). The number of carboxylic acid groups (broad SMARTS) is 1. The topological polar surface area (TPSA) is 63.3 Å². The average Bonchev–Trinajstić information content (AvgIpc) is 3.00. The summed E-state index contributed by atoms with van der Waals surface area (Å²) in [5, 5.41) is 10.5. The number of aliphatic carboxylic acids is 1. The zero-order valence-electron chi connectivity index (χ0n) is 12.9. The number of carboxylic acids is 1. The van der Waals surface area contributed by atoms with Crippen molar-refractivity contribution in [2.24, 2.45) is 0 Å². The highest BCUT2D eigenvalue weighted by molar-refractivity contribution is 7.99. The molecule has 0 aliphatic carbocycles. The third kappa shape index (κ3) is 4.57. The first-order chi connectivity index (χ1) is 12.0. The van der Waals surface area contributed by atoms with Gasteiger partial charge in [-0.3, -0.25) is 4.79 Å². The number of benzene rings is 2. The van der Waals surface area contributed by atoms with E-state index in [0.29, 0.717) is 32.5 Å². The number of thioether (sulfide) groups is 1. The van der Waals surface area contributed by atoms with Gasteiger partial charge in [-0.2, -0.15) is 0 Å². The van der Waals surface area contributed by atoms with Crippen molar-refractivity contribution < 1.29 is 14.3 Å². The summed E-state index contributed by atoms with van der Waals surface area (Å²) < 4.78 is 5.89. The van der Waals surface area contributed by atoms with Gasteiger partial charge in [0.2, 0.25) is 0 Å². The summed E-state index contributed by atoms with van der Waals surface area (Å²) in [7, 11) is 0. The van der Waals surface area contributed by atoms with E-state index in [2.05, 4.69) is 4.98 Å². The van der Waals surface area contributed by atoms with Crippen LogP contribution in [-0.2, 0) is 4.79 Å². The van der Waals surface area contributed by atoms with Crippen molar-refractivity contribution in [3.63, 3.8) is 0 Å². The molecule has 0 unspecified atom stereocenters. The Balaban J connectivity index is 1.98. The second-order valence-electron chi connectivity index (χ2n) is 5.16. The van der Waals surface area contributed by atoms with Crippen LogP contribution in [0, 0.1) is 0 Å². The quantitative estimate of drug-likeness (QED) is 0.529. The molecular formula is C18H13Cl2NO3S. The fourth-order valence-corrected chi connectivity index (χ4v) is 3.19. The number of rotatable bonds is 6. The molecule has 0 aliphatic heterocycles. The van der Waals surface area contributed by atoms with E-state index >= 15 is 0 Å². The number of nitrogens with zero attached hydrogens (tertiary/aromatic N) is 1. The van der Waals surface area contributed by atoms with E-state index in [1.54, 1.807) is 24.3 Å². The van der Waals surface area contributed by atoms with Crippen molar-refractivity contribution in [1.29, 1.82) is 0 Å². The van der Waals surface area contributed by atoms with E-state index in [1.165, 1.54) is 11.8 Å². The minimum absolute atomic E-state index is 0.0413. The van der Waals surface area contributed by atoms with Crippen molar-refractivity contribution in [2.75, 3.05) is 5.75 Å². The molecule has 0 amide bonds. The normalized spacial score (nSPS) is 10.8. The van der Waals surface area contributed by atoms with Crippen LogP contribution in [0.2, 0.25) is 10.0 Å². The Morgan fingerprint density at radius 2 is 1.56 bits per heavy atom. The Kier molecular flexibility index (Phi) is 5.68. The van der Waals surface area contributed by atoms with Gasteiger partial charge in [0.15, 0.2) is 5.76 Å². The van der Waals surface area contributed by atoms with Gasteiger partial charge in [0.25, 0.3) is 5.22 Å². The second-order valence-corrected chi connectivity index (χ2v) is 7.08. The molecule has 0 saturated carbocycles. The first kappa shape index (κ1) is 17.9. The fourth-order valence-electron chi connectivity index (χ4n) is 2.19. The molecule has 4 nitrogen and oxygen atoms in total. The second kappa shape index (κ2) is 7.95. The first-order valence-corrected chi connectivity index (χ1v) is 9.14. The first-order valence-electron chi connectivity index (χ1n) is 7.40. The molecule has 0 saturated heterocycles. The molecular weight excluding hydrogens is 381 g/mol. The van der Waals surface area contributed by atoms with Crippen LogP contribution in [0.25, 0.3) is 22.6 Å². The highest BCUT2D eigenvalue weighted by Crippen LogP contribution is 2.36. The number of oxazole rings is 1. The minimum Gasteiger partial charge on any atom is -0.481 e. The van der Waals surface area contributed by atoms with E-state index in [9.17, 15) is 4.79 Å². The predicted octanol–water partition coefficient (Wildman–Crippen LogP) is 5.88. The van der Waals surface area contributed by atoms with Gasteiger partial charge in [-0.05, 0) is 36.4 Å². The maximum absolute atomic E-state index is 10.7. The summed E-state index contributed by atoms with van der Waals surface area (Å²) in [6, 6.07) is 14.6. The molecule has 1 aromatic heterocycles. The van der Waals surface area contributed by atoms with Gasteiger partial charge in [-0.15, -0.1) is 0 Å². The van der Waals surface area contributed by atoms with Crippen molar-refractivity contribution in [3.05, 3.63) is 58.6 Å². The molecule has 3 rings (SSSR count). The number of hydrogen-bond acceptors (Lipinski definition) is 4. The van der Waals surface area contributed by atoms with Crippen LogP contribution in [0.3, 0.4) is 0 Å².